The maximum Gasteiger partial charge on any atom is 0.340 e. The number of rotatable bonds is 4. The molecule has 0 bridgehead atoms. The summed E-state index contributed by atoms with van der Waals surface area (Å²) in [5.41, 5.74) is 5.16. The second-order valence-electron chi connectivity index (χ2n) is 7.06. The van der Waals surface area contributed by atoms with Gasteiger partial charge in [-0.05, 0) is 13.0 Å². The Bertz CT molecular complexity index is 1170. The van der Waals surface area contributed by atoms with Crippen molar-refractivity contribution in [3.8, 4) is 5.75 Å². The molecular weight excluding hydrogens is 390 g/mol. The van der Waals surface area contributed by atoms with Crippen LogP contribution in [-0.4, -0.2) is 37.3 Å². The van der Waals surface area contributed by atoms with Gasteiger partial charge in [-0.15, -0.1) is 0 Å². The van der Waals surface area contributed by atoms with Gasteiger partial charge in [-0.25, -0.2) is 4.79 Å². The van der Waals surface area contributed by atoms with Crippen LogP contribution in [0.1, 0.15) is 16.8 Å². The molecule has 9 nitrogen and oxygen atoms in total. The molecule has 0 fully saturated rings. The van der Waals surface area contributed by atoms with E-state index < -0.39 is 22.9 Å². The van der Waals surface area contributed by atoms with Crippen LogP contribution in [0.25, 0.3) is 0 Å². The molecule has 1 unspecified atom stereocenters. The maximum absolute atomic E-state index is 13.7. The molecule has 1 aromatic heterocycles. The van der Waals surface area contributed by atoms with Crippen molar-refractivity contribution in [3.63, 3.8) is 0 Å². The second-order valence-corrected chi connectivity index (χ2v) is 7.06. The van der Waals surface area contributed by atoms with Gasteiger partial charge in [-0.2, -0.15) is 0 Å². The van der Waals surface area contributed by atoms with Gasteiger partial charge in [0, 0.05) is 36.7 Å². The topological polar surface area (TPSA) is 122 Å². The summed E-state index contributed by atoms with van der Waals surface area (Å²) in [6.45, 7) is 2.30. The number of nitrogens with two attached hydrogens (primary N) is 1. The van der Waals surface area contributed by atoms with E-state index in [9.17, 15) is 14.4 Å². The minimum atomic E-state index is -1.79. The van der Waals surface area contributed by atoms with Crippen LogP contribution < -0.4 is 21.3 Å². The molecule has 0 saturated heterocycles. The highest BCUT2D eigenvalue weighted by molar-refractivity contribution is 6.17. The van der Waals surface area contributed by atoms with Gasteiger partial charge in [0.2, 0.25) is 11.8 Å². The number of carbonyl (C=O) groups excluding carboxylic acids is 2. The number of hydrogen-bond acceptors (Lipinski definition) is 7. The fourth-order valence-corrected chi connectivity index (χ4v) is 4.22. The van der Waals surface area contributed by atoms with E-state index in [2.05, 4.69) is 5.32 Å². The number of fused-ring (bicyclic) bond motifs is 4. The third-order valence-corrected chi connectivity index (χ3v) is 5.52. The molecule has 156 valence electrons. The molecule has 1 aromatic carbocycles. The van der Waals surface area contributed by atoms with Crippen molar-refractivity contribution in [3.05, 3.63) is 69.0 Å². The van der Waals surface area contributed by atoms with E-state index in [4.69, 9.17) is 19.9 Å². The molecule has 2 aliphatic rings. The molecule has 2 aliphatic heterocycles. The zero-order valence-electron chi connectivity index (χ0n) is 16.8. The fraction of sp³-hybridized carbons (Fsp3) is 0.286. The summed E-state index contributed by atoms with van der Waals surface area (Å²) in [5, 5.41) is 2.77. The summed E-state index contributed by atoms with van der Waals surface area (Å²) in [4.78, 5) is 39.9. The number of esters is 1. The molecule has 4 rings (SSSR count). The van der Waals surface area contributed by atoms with E-state index in [1.165, 1.54) is 18.8 Å². The Kier molecular flexibility index (Phi) is 4.62. The lowest BCUT2D eigenvalue weighted by Gasteiger charge is -2.35. The zero-order chi connectivity index (χ0) is 21.6. The molecular formula is C21H21N3O6. The summed E-state index contributed by atoms with van der Waals surface area (Å²) in [5.74, 6) is -1.58. The van der Waals surface area contributed by atoms with Crippen molar-refractivity contribution in [2.75, 3.05) is 26.1 Å². The van der Waals surface area contributed by atoms with Crippen LogP contribution >= 0.6 is 0 Å². The third kappa shape index (κ3) is 2.48. The largest absolute Gasteiger partial charge is 0.465 e. The number of pyridine rings is 1. The second kappa shape index (κ2) is 7.03. The van der Waals surface area contributed by atoms with Gasteiger partial charge in [0.15, 0.2) is 0 Å². The predicted molar refractivity (Wildman–Crippen MR) is 107 cm³/mol. The van der Waals surface area contributed by atoms with Crippen molar-refractivity contribution in [1.82, 2.24) is 4.57 Å². The van der Waals surface area contributed by atoms with Crippen molar-refractivity contribution in [2.24, 2.45) is 5.73 Å². The van der Waals surface area contributed by atoms with E-state index in [0.29, 0.717) is 16.9 Å². The average molecular weight is 411 g/mol. The lowest BCUT2D eigenvalue weighted by molar-refractivity contribution is -0.138. The normalized spacial score (nSPS) is 19.2. The SMILES string of the molecule is COCCn1c(C)cc2c(c1=O)C1(C(=O)Nc3ccccc31)C(C(=O)OC)=C(N)O2. The van der Waals surface area contributed by atoms with Crippen LogP contribution in [0.15, 0.2) is 46.6 Å². The fourth-order valence-electron chi connectivity index (χ4n) is 4.22. The van der Waals surface area contributed by atoms with E-state index >= 15 is 0 Å². The predicted octanol–water partition coefficient (Wildman–Crippen LogP) is 0.777. The number of para-hydroxylation sites is 1. The highest BCUT2D eigenvalue weighted by atomic mass is 16.5. The van der Waals surface area contributed by atoms with Crippen LogP contribution in [0.3, 0.4) is 0 Å². The Morgan fingerprint density at radius 2 is 2.00 bits per heavy atom. The molecule has 0 radical (unpaired) electrons. The zero-order valence-corrected chi connectivity index (χ0v) is 16.8. The van der Waals surface area contributed by atoms with Gasteiger partial charge in [-0.1, -0.05) is 18.2 Å². The van der Waals surface area contributed by atoms with Gasteiger partial charge in [0.05, 0.1) is 19.3 Å². The minimum absolute atomic E-state index is 0.0150. The highest BCUT2D eigenvalue weighted by Gasteiger charge is 2.60. The Balaban J connectivity index is 2.14. The summed E-state index contributed by atoms with van der Waals surface area (Å²) in [7, 11) is 2.71. The number of methoxy groups -OCH3 is 2. The molecule has 2 aromatic rings. The van der Waals surface area contributed by atoms with Gasteiger partial charge >= 0.3 is 5.97 Å². The highest BCUT2D eigenvalue weighted by Crippen LogP contribution is 2.52. The van der Waals surface area contributed by atoms with Crippen LogP contribution in [0.5, 0.6) is 5.75 Å². The van der Waals surface area contributed by atoms with Crippen molar-refractivity contribution in [2.45, 2.75) is 18.9 Å². The molecule has 3 heterocycles. The van der Waals surface area contributed by atoms with Gasteiger partial charge in [-0.3, -0.25) is 9.59 Å². The first-order valence-electron chi connectivity index (χ1n) is 9.29. The number of carbonyl (C=O) groups is 2. The van der Waals surface area contributed by atoms with Gasteiger partial charge in [0.25, 0.3) is 5.56 Å². The number of hydrogen-bond donors (Lipinski definition) is 2. The number of aryl methyl sites for hydroxylation is 1. The molecule has 0 aliphatic carbocycles. The van der Waals surface area contributed by atoms with Crippen molar-refractivity contribution in [1.29, 1.82) is 0 Å². The summed E-state index contributed by atoms with van der Waals surface area (Å²) in [6, 6.07) is 8.47. The molecule has 0 saturated carbocycles. The molecule has 1 amide bonds. The monoisotopic (exact) mass is 411 g/mol. The summed E-state index contributed by atoms with van der Waals surface area (Å²) >= 11 is 0. The van der Waals surface area contributed by atoms with E-state index in [1.54, 1.807) is 37.3 Å². The molecule has 1 atom stereocenters. The van der Waals surface area contributed by atoms with Crippen LogP contribution in [-0.2, 0) is 31.0 Å². The van der Waals surface area contributed by atoms with E-state index in [0.717, 1.165) is 0 Å². The quantitative estimate of drug-likeness (QED) is 0.713. The minimum Gasteiger partial charge on any atom is -0.465 e. The molecule has 3 N–H and O–H groups in total. The van der Waals surface area contributed by atoms with Crippen molar-refractivity contribution >= 4 is 17.6 Å². The first kappa shape index (κ1) is 19.7. The molecule has 9 heteroatoms. The van der Waals surface area contributed by atoms with E-state index in [-0.39, 0.29) is 35.9 Å². The summed E-state index contributed by atoms with van der Waals surface area (Å²) < 4.78 is 17.2. The number of anilines is 1. The number of ether oxygens (including phenoxy) is 3. The number of amides is 1. The lowest BCUT2D eigenvalue weighted by Crippen LogP contribution is -2.50. The standard InChI is InChI=1S/C21H21N3O6/c1-11-10-14-15(18(25)24(11)8-9-28-2)21(16(17(22)30-14)19(26)29-3)12-6-4-5-7-13(12)23-20(21)27/h4-7,10H,8-9,22H2,1-3H3,(H,23,27). The summed E-state index contributed by atoms with van der Waals surface area (Å²) in [6.07, 6.45) is 0. The molecule has 1 spiro atoms. The Morgan fingerprint density at radius 1 is 1.27 bits per heavy atom. The van der Waals surface area contributed by atoms with Crippen LogP contribution in [0.4, 0.5) is 5.69 Å². The number of nitrogens with zero attached hydrogens (tertiary/aromatic N) is 1. The third-order valence-electron chi connectivity index (χ3n) is 5.52. The average Bonchev–Trinajstić information content (AvgIpc) is 2.99. The van der Waals surface area contributed by atoms with Crippen molar-refractivity contribution < 1.29 is 23.8 Å². The first-order chi connectivity index (χ1) is 14.4. The Morgan fingerprint density at radius 3 is 2.70 bits per heavy atom. The Hall–Kier alpha value is -3.59. The number of aromatic nitrogens is 1. The van der Waals surface area contributed by atoms with Crippen LogP contribution in [0, 0.1) is 6.92 Å². The first-order valence-corrected chi connectivity index (χ1v) is 9.29. The maximum atomic E-state index is 13.7. The van der Waals surface area contributed by atoms with E-state index in [1.807, 2.05) is 0 Å². The lowest BCUT2D eigenvalue weighted by atomic mass is 9.68. The Labute approximate surface area is 172 Å². The smallest absolute Gasteiger partial charge is 0.340 e. The van der Waals surface area contributed by atoms with Gasteiger partial charge in [0.1, 0.15) is 16.7 Å². The number of benzene rings is 1. The molecule has 30 heavy (non-hydrogen) atoms. The number of nitrogens with one attached hydrogen (secondary N) is 1. The van der Waals surface area contributed by atoms with Gasteiger partial charge < -0.3 is 29.8 Å². The van der Waals surface area contributed by atoms with Crippen LogP contribution in [0.2, 0.25) is 0 Å².